The van der Waals surface area contributed by atoms with Crippen molar-refractivity contribution in [1.82, 2.24) is 0 Å². The van der Waals surface area contributed by atoms with Crippen molar-refractivity contribution in [3.63, 3.8) is 0 Å². The Bertz CT molecular complexity index is 752. The van der Waals surface area contributed by atoms with Crippen LogP contribution in [0.3, 0.4) is 0 Å². The second-order valence-corrected chi connectivity index (χ2v) is 4.92. The maximum absolute atomic E-state index is 13.6. The van der Waals surface area contributed by atoms with Crippen LogP contribution >= 0.6 is 11.6 Å². The first-order chi connectivity index (χ1) is 9.95. The number of amides is 1. The van der Waals surface area contributed by atoms with Gasteiger partial charge in [-0.05, 0) is 18.2 Å². The summed E-state index contributed by atoms with van der Waals surface area (Å²) in [5.74, 6) is -1.96. The molecule has 3 rings (SSSR count). The molecular weight excluding hydrogens is 302 g/mol. The van der Waals surface area contributed by atoms with Crippen LogP contribution in [0.4, 0.5) is 14.5 Å². The minimum Gasteiger partial charge on any atom is -0.453 e. The van der Waals surface area contributed by atoms with Gasteiger partial charge in [0.2, 0.25) is 5.91 Å². The molecule has 0 spiro atoms. The van der Waals surface area contributed by atoms with Crippen molar-refractivity contribution in [2.75, 3.05) is 5.32 Å². The summed E-state index contributed by atoms with van der Waals surface area (Å²) in [7, 11) is 0. The van der Waals surface area contributed by atoms with Gasteiger partial charge in [0.05, 0.1) is 5.02 Å². The number of carbonyl (C=O) groups excluding carboxylic acids is 1. The van der Waals surface area contributed by atoms with E-state index in [1.807, 2.05) is 0 Å². The molecule has 2 aromatic carbocycles. The number of nitrogens with two attached hydrogens (primary N) is 1. The van der Waals surface area contributed by atoms with E-state index in [1.54, 1.807) is 0 Å². The molecule has 0 saturated heterocycles. The Morgan fingerprint density at radius 1 is 1.19 bits per heavy atom. The third-order valence-electron chi connectivity index (χ3n) is 3.09. The summed E-state index contributed by atoms with van der Waals surface area (Å²) in [5.41, 5.74) is 6.68. The van der Waals surface area contributed by atoms with Gasteiger partial charge in [0.25, 0.3) is 0 Å². The zero-order chi connectivity index (χ0) is 15.1. The lowest BCUT2D eigenvalue weighted by atomic mass is 10.1. The standard InChI is InChI=1S/C14H9ClF2N2O2/c15-8-4-7-10(19-14(20)13(7)18)5-12(8)21-11-2-1-6(16)3-9(11)17/h1-5,13H,18H2,(H,19,20). The molecule has 0 radical (unpaired) electrons. The Morgan fingerprint density at radius 3 is 2.67 bits per heavy atom. The summed E-state index contributed by atoms with van der Waals surface area (Å²) in [6, 6.07) is 5.06. The summed E-state index contributed by atoms with van der Waals surface area (Å²) in [6.45, 7) is 0. The van der Waals surface area contributed by atoms with Crippen LogP contribution in [0.2, 0.25) is 5.02 Å². The molecule has 4 nitrogen and oxygen atoms in total. The Hall–Kier alpha value is -2.18. The maximum atomic E-state index is 13.6. The smallest absolute Gasteiger partial charge is 0.245 e. The van der Waals surface area contributed by atoms with Gasteiger partial charge in [0.1, 0.15) is 17.6 Å². The predicted octanol–water partition coefficient (Wildman–Crippen LogP) is 3.36. The number of anilines is 1. The second-order valence-electron chi connectivity index (χ2n) is 4.51. The summed E-state index contributed by atoms with van der Waals surface area (Å²) >= 11 is 6.04. The highest BCUT2D eigenvalue weighted by Gasteiger charge is 2.28. The lowest BCUT2D eigenvalue weighted by Gasteiger charge is -2.11. The van der Waals surface area contributed by atoms with E-state index in [0.717, 1.165) is 12.1 Å². The van der Waals surface area contributed by atoms with Crippen molar-refractivity contribution in [1.29, 1.82) is 0 Å². The average molecular weight is 311 g/mol. The van der Waals surface area contributed by atoms with Gasteiger partial charge in [-0.2, -0.15) is 0 Å². The molecule has 1 amide bonds. The highest BCUT2D eigenvalue weighted by molar-refractivity contribution is 6.32. The molecule has 2 aromatic rings. The van der Waals surface area contributed by atoms with Crippen LogP contribution in [0.5, 0.6) is 11.5 Å². The molecule has 0 saturated carbocycles. The fraction of sp³-hybridized carbons (Fsp3) is 0.0714. The van der Waals surface area contributed by atoms with Crippen molar-refractivity contribution in [3.05, 3.63) is 52.6 Å². The lowest BCUT2D eigenvalue weighted by Crippen LogP contribution is -2.19. The zero-order valence-electron chi connectivity index (χ0n) is 10.5. The van der Waals surface area contributed by atoms with E-state index in [1.165, 1.54) is 12.1 Å². The number of halogens is 3. The highest BCUT2D eigenvalue weighted by atomic mass is 35.5. The molecule has 3 N–H and O–H groups in total. The Labute approximate surface area is 123 Å². The van der Waals surface area contributed by atoms with Crippen molar-refractivity contribution in [3.8, 4) is 11.5 Å². The van der Waals surface area contributed by atoms with Gasteiger partial charge in [-0.15, -0.1) is 0 Å². The second kappa shape index (κ2) is 4.98. The van der Waals surface area contributed by atoms with Crippen LogP contribution in [-0.4, -0.2) is 5.91 Å². The fourth-order valence-corrected chi connectivity index (χ4v) is 2.25. The summed E-state index contributed by atoms with van der Waals surface area (Å²) in [5, 5.41) is 2.74. The van der Waals surface area contributed by atoms with Crippen molar-refractivity contribution < 1.29 is 18.3 Å². The maximum Gasteiger partial charge on any atom is 0.245 e. The molecule has 1 aliphatic heterocycles. The van der Waals surface area contributed by atoms with Crippen LogP contribution in [0.1, 0.15) is 11.6 Å². The summed E-state index contributed by atoms with van der Waals surface area (Å²) in [4.78, 5) is 11.5. The molecule has 0 aromatic heterocycles. The van der Waals surface area contributed by atoms with Crippen LogP contribution in [0.15, 0.2) is 30.3 Å². The third kappa shape index (κ3) is 2.43. The molecule has 7 heteroatoms. The van der Waals surface area contributed by atoms with Crippen molar-refractivity contribution >= 4 is 23.2 Å². The average Bonchev–Trinajstić information content (AvgIpc) is 2.69. The number of hydrogen-bond donors (Lipinski definition) is 2. The van der Waals surface area contributed by atoms with Gasteiger partial charge in [-0.3, -0.25) is 4.79 Å². The van der Waals surface area contributed by atoms with Gasteiger partial charge in [-0.1, -0.05) is 11.6 Å². The number of carbonyl (C=O) groups is 1. The number of ether oxygens (including phenoxy) is 1. The summed E-state index contributed by atoms with van der Waals surface area (Å²) < 4.78 is 31.7. The largest absolute Gasteiger partial charge is 0.453 e. The predicted molar refractivity (Wildman–Crippen MR) is 73.4 cm³/mol. The van der Waals surface area contributed by atoms with E-state index < -0.39 is 17.7 Å². The number of hydrogen-bond acceptors (Lipinski definition) is 3. The first-order valence-electron chi connectivity index (χ1n) is 5.98. The van der Waals surface area contributed by atoms with Gasteiger partial charge < -0.3 is 15.8 Å². The Kier molecular flexibility index (Phi) is 3.27. The Morgan fingerprint density at radius 2 is 1.95 bits per heavy atom. The fourth-order valence-electron chi connectivity index (χ4n) is 2.04. The Balaban J connectivity index is 1.97. The van der Waals surface area contributed by atoms with E-state index in [4.69, 9.17) is 22.1 Å². The minimum absolute atomic E-state index is 0.135. The lowest BCUT2D eigenvalue weighted by molar-refractivity contribution is -0.116. The highest BCUT2D eigenvalue weighted by Crippen LogP contribution is 2.39. The minimum atomic E-state index is -0.854. The van der Waals surface area contributed by atoms with E-state index in [2.05, 4.69) is 5.32 Å². The molecule has 1 heterocycles. The number of nitrogens with one attached hydrogen (secondary N) is 1. The molecular formula is C14H9ClF2N2O2. The third-order valence-corrected chi connectivity index (χ3v) is 3.39. The normalized spacial score (nSPS) is 16.6. The number of fused-ring (bicyclic) bond motifs is 1. The molecule has 0 fully saturated rings. The first-order valence-corrected chi connectivity index (χ1v) is 6.36. The molecule has 1 unspecified atom stereocenters. The quantitative estimate of drug-likeness (QED) is 0.894. The summed E-state index contributed by atoms with van der Waals surface area (Å²) in [6.07, 6.45) is 0. The van der Waals surface area contributed by atoms with Gasteiger partial charge in [0, 0.05) is 23.4 Å². The number of rotatable bonds is 2. The van der Waals surface area contributed by atoms with Crippen molar-refractivity contribution in [2.45, 2.75) is 6.04 Å². The van der Waals surface area contributed by atoms with E-state index in [9.17, 15) is 13.6 Å². The van der Waals surface area contributed by atoms with E-state index in [-0.39, 0.29) is 22.4 Å². The monoisotopic (exact) mass is 310 g/mol. The first kappa shape index (κ1) is 13.8. The zero-order valence-corrected chi connectivity index (χ0v) is 11.2. The van der Waals surface area contributed by atoms with Gasteiger partial charge in [0.15, 0.2) is 11.6 Å². The van der Waals surface area contributed by atoms with Crippen LogP contribution in [-0.2, 0) is 4.79 Å². The molecule has 1 atom stereocenters. The molecule has 1 aliphatic rings. The van der Waals surface area contributed by atoms with Gasteiger partial charge in [-0.25, -0.2) is 8.78 Å². The number of benzene rings is 2. The molecule has 108 valence electrons. The van der Waals surface area contributed by atoms with Crippen molar-refractivity contribution in [2.24, 2.45) is 5.73 Å². The van der Waals surface area contributed by atoms with Crippen LogP contribution in [0.25, 0.3) is 0 Å². The molecule has 21 heavy (non-hydrogen) atoms. The van der Waals surface area contributed by atoms with Crippen LogP contribution in [0, 0.1) is 11.6 Å². The van der Waals surface area contributed by atoms with E-state index >= 15 is 0 Å². The van der Waals surface area contributed by atoms with Gasteiger partial charge >= 0.3 is 0 Å². The van der Waals surface area contributed by atoms with Crippen LogP contribution < -0.4 is 15.8 Å². The SMILES string of the molecule is NC1C(=O)Nc2cc(Oc3ccc(F)cc3F)c(Cl)cc21. The molecule has 0 bridgehead atoms. The topological polar surface area (TPSA) is 64.4 Å². The van der Waals surface area contributed by atoms with E-state index in [0.29, 0.717) is 17.3 Å². The molecule has 0 aliphatic carbocycles.